The molecule has 0 radical (unpaired) electrons. The van der Waals surface area contributed by atoms with Crippen molar-refractivity contribution in [3.05, 3.63) is 35.4 Å². The largest absolute Gasteiger partial charge is 0.381 e. The fraction of sp³-hybridized carbons (Fsp3) is 0.600. The number of aryl methyl sites for hydroxylation is 1. The molecular formula is C15H23NO. The molecule has 0 spiro atoms. The molecule has 1 aliphatic rings. The Balaban J connectivity index is 1.77. The first-order chi connectivity index (χ1) is 8.40. The van der Waals surface area contributed by atoms with E-state index in [2.05, 4.69) is 36.5 Å². The minimum atomic E-state index is 0.803. The number of nitrogens with one attached hydrogen (secondary N) is 1. The first kappa shape index (κ1) is 12.6. The summed E-state index contributed by atoms with van der Waals surface area (Å²) in [5, 5.41) is 3.59. The van der Waals surface area contributed by atoms with Crippen molar-refractivity contribution in [1.29, 1.82) is 0 Å². The van der Waals surface area contributed by atoms with Gasteiger partial charge in [0, 0.05) is 19.8 Å². The highest BCUT2D eigenvalue weighted by Crippen LogP contribution is 2.14. The first-order valence-corrected chi connectivity index (χ1v) is 6.75. The molecule has 0 saturated carbocycles. The SMILES string of the molecule is CCc1ccccc1CNCC1CCOCC1. The molecular weight excluding hydrogens is 210 g/mol. The van der Waals surface area contributed by atoms with Gasteiger partial charge in [-0.25, -0.2) is 0 Å². The molecule has 0 bridgehead atoms. The highest BCUT2D eigenvalue weighted by molar-refractivity contribution is 5.26. The van der Waals surface area contributed by atoms with Crippen LogP contribution in [0.3, 0.4) is 0 Å². The van der Waals surface area contributed by atoms with Gasteiger partial charge in [-0.05, 0) is 42.9 Å². The van der Waals surface area contributed by atoms with Crippen molar-refractivity contribution in [2.24, 2.45) is 5.92 Å². The molecule has 2 heteroatoms. The van der Waals surface area contributed by atoms with Crippen molar-refractivity contribution in [3.8, 4) is 0 Å². The van der Waals surface area contributed by atoms with Gasteiger partial charge in [0.25, 0.3) is 0 Å². The zero-order valence-corrected chi connectivity index (χ0v) is 10.7. The Labute approximate surface area is 104 Å². The van der Waals surface area contributed by atoms with Crippen LogP contribution in [0.15, 0.2) is 24.3 Å². The Kier molecular flexibility index (Phi) is 5.02. The summed E-state index contributed by atoms with van der Waals surface area (Å²) >= 11 is 0. The van der Waals surface area contributed by atoms with E-state index in [1.807, 2.05) is 0 Å². The molecule has 1 aromatic carbocycles. The van der Waals surface area contributed by atoms with Crippen LogP contribution in [-0.4, -0.2) is 19.8 Å². The minimum absolute atomic E-state index is 0.803. The maximum Gasteiger partial charge on any atom is 0.0469 e. The van der Waals surface area contributed by atoms with Gasteiger partial charge in [-0.15, -0.1) is 0 Å². The third-order valence-corrected chi connectivity index (χ3v) is 3.59. The van der Waals surface area contributed by atoms with Gasteiger partial charge < -0.3 is 10.1 Å². The van der Waals surface area contributed by atoms with Crippen molar-refractivity contribution < 1.29 is 4.74 Å². The summed E-state index contributed by atoms with van der Waals surface area (Å²) < 4.78 is 5.37. The zero-order chi connectivity index (χ0) is 11.9. The Hall–Kier alpha value is -0.860. The lowest BCUT2D eigenvalue weighted by Gasteiger charge is -2.22. The maximum atomic E-state index is 5.37. The van der Waals surface area contributed by atoms with Gasteiger partial charge in [0.2, 0.25) is 0 Å². The van der Waals surface area contributed by atoms with Crippen LogP contribution >= 0.6 is 0 Å². The molecule has 0 amide bonds. The van der Waals surface area contributed by atoms with Gasteiger partial charge in [0.05, 0.1) is 0 Å². The Bertz CT molecular complexity index is 331. The number of benzene rings is 1. The summed E-state index contributed by atoms with van der Waals surface area (Å²) in [6.45, 7) is 6.23. The second kappa shape index (κ2) is 6.77. The normalized spacial score (nSPS) is 17.2. The van der Waals surface area contributed by atoms with E-state index in [-0.39, 0.29) is 0 Å². The average Bonchev–Trinajstić information content (AvgIpc) is 2.40. The Morgan fingerprint density at radius 3 is 2.59 bits per heavy atom. The highest BCUT2D eigenvalue weighted by Gasteiger charge is 2.12. The molecule has 1 aliphatic heterocycles. The van der Waals surface area contributed by atoms with E-state index in [4.69, 9.17) is 4.74 Å². The van der Waals surface area contributed by atoms with E-state index in [1.54, 1.807) is 0 Å². The van der Waals surface area contributed by atoms with Crippen molar-refractivity contribution in [2.75, 3.05) is 19.8 Å². The second-order valence-corrected chi connectivity index (χ2v) is 4.81. The third-order valence-electron chi connectivity index (χ3n) is 3.59. The monoisotopic (exact) mass is 233 g/mol. The zero-order valence-electron chi connectivity index (χ0n) is 10.7. The van der Waals surface area contributed by atoms with E-state index in [0.29, 0.717) is 0 Å². The van der Waals surface area contributed by atoms with Gasteiger partial charge in [-0.2, -0.15) is 0 Å². The van der Waals surface area contributed by atoms with Crippen LogP contribution in [0.1, 0.15) is 30.9 Å². The Morgan fingerprint density at radius 1 is 1.18 bits per heavy atom. The molecule has 0 aliphatic carbocycles. The number of ether oxygens (including phenoxy) is 1. The first-order valence-electron chi connectivity index (χ1n) is 6.75. The van der Waals surface area contributed by atoms with Crippen LogP contribution in [0.5, 0.6) is 0 Å². The van der Waals surface area contributed by atoms with Crippen molar-refractivity contribution in [3.63, 3.8) is 0 Å². The summed E-state index contributed by atoms with van der Waals surface area (Å²) in [5.74, 6) is 0.803. The standard InChI is InChI=1S/C15H23NO/c1-2-14-5-3-4-6-15(14)12-16-11-13-7-9-17-10-8-13/h3-6,13,16H,2,7-12H2,1H3. The molecule has 0 aromatic heterocycles. The molecule has 17 heavy (non-hydrogen) atoms. The van der Waals surface area contributed by atoms with E-state index < -0.39 is 0 Å². The second-order valence-electron chi connectivity index (χ2n) is 4.81. The topological polar surface area (TPSA) is 21.3 Å². The molecule has 94 valence electrons. The molecule has 0 unspecified atom stereocenters. The van der Waals surface area contributed by atoms with Gasteiger partial charge in [0.1, 0.15) is 0 Å². The summed E-state index contributed by atoms with van der Waals surface area (Å²) in [5.41, 5.74) is 2.91. The van der Waals surface area contributed by atoms with Crippen LogP contribution in [0.2, 0.25) is 0 Å². The smallest absolute Gasteiger partial charge is 0.0469 e. The van der Waals surface area contributed by atoms with Crippen LogP contribution in [-0.2, 0) is 17.7 Å². The lowest BCUT2D eigenvalue weighted by molar-refractivity contribution is 0.0662. The quantitative estimate of drug-likeness (QED) is 0.844. The van der Waals surface area contributed by atoms with Crippen LogP contribution < -0.4 is 5.32 Å². The molecule has 1 N–H and O–H groups in total. The van der Waals surface area contributed by atoms with Crippen molar-refractivity contribution in [1.82, 2.24) is 5.32 Å². The summed E-state index contributed by atoms with van der Waals surface area (Å²) in [7, 11) is 0. The number of hydrogen-bond acceptors (Lipinski definition) is 2. The van der Waals surface area contributed by atoms with Crippen LogP contribution in [0.4, 0.5) is 0 Å². The van der Waals surface area contributed by atoms with E-state index in [9.17, 15) is 0 Å². The van der Waals surface area contributed by atoms with E-state index in [0.717, 1.165) is 38.6 Å². The third kappa shape index (κ3) is 3.83. The van der Waals surface area contributed by atoms with Gasteiger partial charge in [0.15, 0.2) is 0 Å². The van der Waals surface area contributed by atoms with E-state index in [1.165, 1.54) is 24.0 Å². The predicted octanol–water partition coefficient (Wildman–Crippen LogP) is 2.77. The van der Waals surface area contributed by atoms with Gasteiger partial charge >= 0.3 is 0 Å². The van der Waals surface area contributed by atoms with Crippen LogP contribution in [0.25, 0.3) is 0 Å². The molecule has 1 aromatic rings. The highest BCUT2D eigenvalue weighted by atomic mass is 16.5. The molecule has 1 fully saturated rings. The fourth-order valence-electron chi connectivity index (χ4n) is 2.44. The lowest BCUT2D eigenvalue weighted by atomic mass is 10.00. The van der Waals surface area contributed by atoms with Crippen molar-refractivity contribution >= 4 is 0 Å². The molecule has 2 rings (SSSR count). The van der Waals surface area contributed by atoms with Crippen molar-refractivity contribution in [2.45, 2.75) is 32.7 Å². The average molecular weight is 233 g/mol. The van der Waals surface area contributed by atoms with Gasteiger partial charge in [-0.1, -0.05) is 31.2 Å². The van der Waals surface area contributed by atoms with Gasteiger partial charge in [-0.3, -0.25) is 0 Å². The number of rotatable bonds is 5. The Morgan fingerprint density at radius 2 is 1.88 bits per heavy atom. The fourth-order valence-corrected chi connectivity index (χ4v) is 2.44. The molecule has 1 heterocycles. The predicted molar refractivity (Wildman–Crippen MR) is 71.1 cm³/mol. The van der Waals surface area contributed by atoms with E-state index >= 15 is 0 Å². The molecule has 1 saturated heterocycles. The minimum Gasteiger partial charge on any atom is -0.381 e. The lowest BCUT2D eigenvalue weighted by Crippen LogP contribution is -2.27. The summed E-state index contributed by atoms with van der Waals surface area (Å²) in [6, 6.07) is 8.71. The number of hydrogen-bond donors (Lipinski definition) is 1. The van der Waals surface area contributed by atoms with Crippen LogP contribution in [0, 0.1) is 5.92 Å². The summed E-state index contributed by atoms with van der Waals surface area (Å²) in [6.07, 6.45) is 3.54. The summed E-state index contributed by atoms with van der Waals surface area (Å²) in [4.78, 5) is 0. The molecule has 2 nitrogen and oxygen atoms in total. The molecule has 0 atom stereocenters. The maximum absolute atomic E-state index is 5.37.